The van der Waals surface area contributed by atoms with Crippen LogP contribution in [0.3, 0.4) is 0 Å². The van der Waals surface area contributed by atoms with Crippen LogP contribution >= 0.6 is 0 Å². The van der Waals surface area contributed by atoms with Crippen LogP contribution in [-0.4, -0.2) is 30.0 Å². The largest absolute Gasteiger partial charge is 0.369 e. The fraction of sp³-hybridized carbons (Fsp3) is 0.750. The molecule has 0 aromatic rings. The zero-order valence-electron chi connectivity index (χ0n) is 8.32. The Labute approximate surface area is 83.8 Å². The lowest BCUT2D eigenvalue weighted by molar-refractivity contribution is 0.421. The fourth-order valence-electron chi connectivity index (χ4n) is 1.36. The summed E-state index contributed by atoms with van der Waals surface area (Å²) < 4.78 is 0. The van der Waals surface area contributed by atoms with Gasteiger partial charge in [0.2, 0.25) is 11.9 Å². The highest BCUT2D eigenvalue weighted by molar-refractivity contribution is 5.81. The van der Waals surface area contributed by atoms with Crippen molar-refractivity contribution in [3.05, 3.63) is 0 Å². The molecule has 0 radical (unpaired) electrons. The van der Waals surface area contributed by atoms with Gasteiger partial charge >= 0.3 is 0 Å². The van der Waals surface area contributed by atoms with Crippen molar-refractivity contribution in [1.82, 2.24) is 5.01 Å². The van der Waals surface area contributed by atoms with Gasteiger partial charge in [-0.2, -0.15) is 0 Å². The lowest BCUT2D eigenvalue weighted by Gasteiger charge is -2.16. The molecular formula is C8H18N6. The van der Waals surface area contributed by atoms with Gasteiger partial charge in [-0.15, -0.1) is 5.10 Å². The van der Waals surface area contributed by atoms with E-state index >= 15 is 0 Å². The van der Waals surface area contributed by atoms with Gasteiger partial charge in [-0.05, 0) is 12.8 Å². The molecule has 14 heavy (non-hydrogen) atoms. The molecule has 0 saturated heterocycles. The molecule has 0 bridgehead atoms. The van der Waals surface area contributed by atoms with Gasteiger partial charge in [-0.25, -0.2) is 5.01 Å². The lowest BCUT2D eigenvalue weighted by Crippen LogP contribution is -2.38. The van der Waals surface area contributed by atoms with Crippen LogP contribution in [0.1, 0.15) is 25.7 Å². The maximum absolute atomic E-state index is 5.72. The molecule has 1 rings (SSSR count). The second-order valence-corrected chi connectivity index (χ2v) is 3.30. The summed E-state index contributed by atoms with van der Waals surface area (Å²) in [5.74, 6) is 0.419. The number of guanidine groups is 2. The Morgan fingerprint density at radius 3 is 2.64 bits per heavy atom. The molecule has 6 N–H and O–H groups in total. The summed E-state index contributed by atoms with van der Waals surface area (Å²) in [7, 11) is 0. The summed E-state index contributed by atoms with van der Waals surface area (Å²) in [5.41, 5.74) is 16.3. The Kier molecular flexibility index (Phi) is 4.03. The minimum Gasteiger partial charge on any atom is -0.369 e. The van der Waals surface area contributed by atoms with E-state index in [2.05, 4.69) is 10.1 Å². The van der Waals surface area contributed by atoms with Crippen molar-refractivity contribution in [2.45, 2.75) is 25.7 Å². The Hall–Kier alpha value is -1.46. The Balaban J connectivity index is 2.66. The summed E-state index contributed by atoms with van der Waals surface area (Å²) in [6.45, 7) is 1.48. The first kappa shape index (κ1) is 10.6. The zero-order chi connectivity index (χ0) is 10.4. The fourth-order valence-corrected chi connectivity index (χ4v) is 1.36. The van der Waals surface area contributed by atoms with Crippen LogP contribution in [0.4, 0.5) is 0 Å². The molecule has 0 fully saturated rings. The third kappa shape index (κ3) is 3.51. The molecule has 1 heterocycles. The number of hydrogen-bond donors (Lipinski definition) is 3. The van der Waals surface area contributed by atoms with Crippen LogP contribution in [0, 0.1) is 0 Å². The van der Waals surface area contributed by atoms with E-state index < -0.39 is 0 Å². The maximum atomic E-state index is 5.72. The summed E-state index contributed by atoms with van der Waals surface area (Å²) in [6.07, 6.45) is 4.47. The summed E-state index contributed by atoms with van der Waals surface area (Å²) in [5, 5.41) is 5.48. The molecule has 0 aliphatic carbocycles. The highest BCUT2D eigenvalue weighted by Gasteiger charge is 2.08. The first-order chi connectivity index (χ1) is 6.70. The smallest absolute Gasteiger partial charge is 0.212 e. The van der Waals surface area contributed by atoms with Crippen LogP contribution in [0.25, 0.3) is 0 Å². The maximum Gasteiger partial charge on any atom is 0.212 e. The minimum atomic E-state index is 0.0161. The Morgan fingerprint density at radius 1 is 1.21 bits per heavy atom. The third-order valence-corrected chi connectivity index (χ3v) is 2.05. The number of aliphatic imine (C=N–C) groups is 1. The van der Waals surface area contributed by atoms with Crippen molar-refractivity contribution in [2.24, 2.45) is 27.3 Å². The Morgan fingerprint density at radius 2 is 1.93 bits per heavy atom. The molecule has 0 saturated carbocycles. The van der Waals surface area contributed by atoms with Gasteiger partial charge in [-0.3, -0.25) is 4.99 Å². The summed E-state index contributed by atoms with van der Waals surface area (Å²) >= 11 is 0. The number of nitrogens with zero attached hydrogens (tertiary/aromatic N) is 3. The molecular weight excluding hydrogens is 180 g/mol. The van der Waals surface area contributed by atoms with Crippen molar-refractivity contribution in [1.29, 1.82) is 0 Å². The number of hydrazone groups is 1. The predicted molar refractivity (Wildman–Crippen MR) is 57.5 cm³/mol. The third-order valence-electron chi connectivity index (χ3n) is 2.05. The van der Waals surface area contributed by atoms with Crippen molar-refractivity contribution >= 4 is 11.9 Å². The zero-order valence-corrected chi connectivity index (χ0v) is 8.32. The molecule has 80 valence electrons. The van der Waals surface area contributed by atoms with Crippen molar-refractivity contribution in [3.63, 3.8) is 0 Å². The second-order valence-electron chi connectivity index (χ2n) is 3.30. The molecule has 6 heteroatoms. The van der Waals surface area contributed by atoms with Crippen LogP contribution in [-0.2, 0) is 0 Å². The number of hydrogen-bond acceptors (Lipinski definition) is 4. The van der Waals surface area contributed by atoms with E-state index in [0.29, 0.717) is 5.96 Å². The molecule has 0 aromatic carbocycles. The minimum absolute atomic E-state index is 0.0161. The molecule has 6 nitrogen and oxygen atoms in total. The van der Waals surface area contributed by atoms with E-state index in [0.717, 1.165) is 25.9 Å². The predicted octanol–water partition coefficient (Wildman–Crippen LogP) is -0.634. The van der Waals surface area contributed by atoms with Gasteiger partial charge in [0.25, 0.3) is 0 Å². The van der Waals surface area contributed by atoms with E-state index in [-0.39, 0.29) is 5.96 Å². The average molecular weight is 198 g/mol. The van der Waals surface area contributed by atoms with Crippen molar-refractivity contribution in [2.75, 3.05) is 13.1 Å². The Bertz CT molecular complexity index is 230. The molecule has 0 atom stereocenters. The van der Waals surface area contributed by atoms with E-state index in [1.165, 1.54) is 12.8 Å². The number of rotatable bonds is 1. The van der Waals surface area contributed by atoms with Crippen molar-refractivity contribution in [3.8, 4) is 0 Å². The lowest BCUT2D eigenvalue weighted by atomic mass is 10.2. The van der Waals surface area contributed by atoms with Crippen LogP contribution in [0.2, 0.25) is 0 Å². The van der Waals surface area contributed by atoms with Gasteiger partial charge < -0.3 is 17.2 Å². The number of nitrogens with two attached hydrogens (primary N) is 3. The van der Waals surface area contributed by atoms with E-state index in [4.69, 9.17) is 17.2 Å². The normalized spacial score (nSPS) is 18.9. The van der Waals surface area contributed by atoms with Crippen LogP contribution in [0.5, 0.6) is 0 Å². The highest BCUT2D eigenvalue weighted by Crippen LogP contribution is 2.05. The highest BCUT2D eigenvalue weighted by atomic mass is 15.5. The quantitative estimate of drug-likeness (QED) is 0.385. The van der Waals surface area contributed by atoms with E-state index in [9.17, 15) is 0 Å². The standard InChI is InChI=1S/C8H18N6/c9-7(10)13-14-6-4-2-1-3-5-12-8(14)11/h1-6H2,(H2,11,12)(H4,9,10,13). The summed E-state index contributed by atoms with van der Waals surface area (Å²) in [4.78, 5) is 4.18. The SMILES string of the molecule is NC(N)=NN1CCCCCCN=C1N. The van der Waals surface area contributed by atoms with Crippen LogP contribution < -0.4 is 17.2 Å². The first-order valence-electron chi connectivity index (χ1n) is 4.87. The van der Waals surface area contributed by atoms with Crippen LogP contribution in [0.15, 0.2) is 10.1 Å². The van der Waals surface area contributed by atoms with Gasteiger partial charge in [0, 0.05) is 13.1 Å². The van der Waals surface area contributed by atoms with Gasteiger partial charge in [0.05, 0.1) is 0 Å². The monoisotopic (exact) mass is 198 g/mol. The van der Waals surface area contributed by atoms with Gasteiger partial charge in [0.1, 0.15) is 0 Å². The molecule has 0 unspecified atom stereocenters. The molecule has 0 spiro atoms. The van der Waals surface area contributed by atoms with Gasteiger partial charge in [0.15, 0.2) is 0 Å². The molecule has 1 aliphatic heterocycles. The van der Waals surface area contributed by atoms with Crippen molar-refractivity contribution < 1.29 is 0 Å². The topological polar surface area (TPSA) is 106 Å². The van der Waals surface area contributed by atoms with E-state index in [1.807, 2.05) is 0 Å². The van der Waals surface area contributed by atoms with E-state index in [1.54, 1.807) is 5.01 Å². The first-order valence-corrected chi connectivity index (χ1v) is 4.87. The second kappa shape index (κ2) is 5.31. The molecule has 1 aliphatic rings. The van der Waals surface area contributed by atoms with Gasteiger partial charge in [-0.1, -0.05) is 12.8 Å². The molecule has 0 aromatic heterocycles. The average Bonchev–Trinajstić information content (AvgIpc) is 2.20. The summed E-state index contributed by atoms with van der Waals surface area (Å²) in [6, 6.07) is 0. The molecule has 0 amide bonds.